The van der Waals surface area contributed by atoms with E-state index in [4.69, 9.17) is 51.6 Å². The molecule has 14 rings (SSSR count). The van der Waals surface area contributed by atoms with Gasteiger partial charge in [-0.05, 0) is 297 Å². The topological polar surface area (TPSA) is 184 Å². The number of aliphatic hydroxyl groups is 2. The van der Waals surface area contributed by atoms with Crippen molar-refractivity contribution in [2.75, 3.05) is 0 Å². The molecule has 108 heavy (non-hydrogen) atoms. The molecule has 6 saturated heterocycles. The first kappa shape index (κ1) is 84.7. The van der Waals surface area contributed by atoms with E-state index in [1.54, 1.807) is 13.8 Å². The number of Topliss-reactive ketones (excluding diaryl/α,β-unsaturated/α-hetero) is 4. The van der Waals surface area contributed by atoms with Gasteiger partial charge in [0.2, 0.25) is 0 Å². The lowest BCUT2D eigenvalue weighted by atomic mass is 9.55. The average Bonchev–Trinajstić information content (AvgIpc) is 1.54. The number of carbonyl (C=O) groups excluding carboxylic acids is 4. The zero-order chi connectivity index (χ0) is 79.4. The molecule has 6 aliphatic heterocycles. The number of carbonyl (C=O) groups is 4. The minimum atomic E-state index is -0.851. The smallest absolute Gasteiger partial charge is 0.158 e. The number of alkyl halides is 2. The van der Waals surface area contributed by atoms with Crippen LogP contribution >= 0.6 is 23.2 Å². The van der Waals surface area contributed by atoms with Crippen LogP contribution in [0.15, 0.2) is 142 Å². The summed E-state index contributed by atoms with van der Waals surface area (Å²) in [5.41, 5.74) is 6.73. The number of fused-ring (bicyclic) bond motifs is 14. The fourth-order valence-electron chi connectivity index (χ4n) is 23.1. The number of hydrogen-bond acceptors (Lipinski definition) is 12. The Morgan fingerprint density at radius 2 is 0.602 bits per heavy atom. The van der Waals surface area contributed by atoms with Crippen LogP contribution in [0.5, 0.6) is 0 Å². The van der Waals surface area contributed by atoms with E-state index in [0.29, 0.717) is 133 Å². The van der Waals surface area contributed by atoms with Gasteiger partial charge in [-0.3, -0.25) is 19.2 Å². The summed E-state index contributed by atoms with van der Waals surface area (Å²) in [5, 5.41) is 21.0. The minimum Gasteiger partial charge on any atom is -0.389 e. The number of epoxide rings is 6. The third-order valence-corrected chi connectivity index (χ3v) is 31.7. The Balaban J connectivity index is 0.000000143. The number of rotatable bonds is 18. The lowest BCUT2D eigenvalue weighted by Crippen LogP contribution is -2.54. The van der Waals surface area contributed by atoms with Crippen molar-refractivity contribution < 1.29 is 57.8 Å². The van der Waals surface area contributed by atoms with Crippen molar-refractivity contribution in [3.63, 3.8) is 0 Å². The van der Waals surface area contributed by atoms with Gasteiger partial charge in [-0.2, -0.15) is 0 Å². The second-order valence-corrected chi connectivity index (χ2v) is 38.5. The Morgan fingerprint density at radius 1 is 0.361 bits per heavy atom. The van der Waals surface area contributed by atoms with Gasteiger partial charge in [0.25, 0.3) is 0 Å². The van der Waals surface area contributed by atoms with E-state index < -0.39 is 11.2 Å². The minimum absolute atomic E-state index is 0.0514. The maximum Gasteiger partial charge on any atom is 0.158 e. The summed E-state index contributed by atoms with van der Waals surface area (Å²) in [4.78, 5) is 46.8. The van der Waals surface area contributed by atoms with Crippen LogP contribution in [0.25, 0.3) is 0 Å². The molecular formula is C94H134Cl2O12. The van der Waals surface area contributed by atoms with Crippen LogP contribution in [0.2, 0.25) is 0 Å². The van der Waals surface area contributed by atoms with Gasteiger partial charge in [0.05, 0.1) is 92.2 Å². The fourth-order valence-corrected chi connectivity index (χ4v) is 23.7. The molecule has 2 N–H and O–H groups in total. The molecule has 6 heterocycles. The van der Waals surface area contributed by atoms with Crippen molar-refractivity contribution in [3.8, 4) is 0 Å². The van der Waals surface area contributed by atoms with Crippen LogP contribution in [0, 0.1) is 94.7 Å². The molecule has 32 unspecified atom stereocenters. The maximum atomic E-state index is 11.9. The van der Waals surface area contributed by atoms with Crippen LogP contribution in [0.1, 0.15) is 230 Å². The van der Waals surface area contributed by atoms with Gasteiger partial charge >= 0.3 is 0 Å². The summed E-state index contributed by atoms with van der Waals surface area (Å²) in [6.45, 7) is 49.1. The highest BCUT2D eigenvalue weighted by molar-refractivity contribution is 6.21. The van der Waals surface area contributed by atoms with Crippen molar-refractivity contribution in [3.05, 3.63) is 142 Å². The Morgan fingerprint density at radius 3 is 0.843 bits per heavy atom. The van der Waals surface area contributed by atoms with E-state index in [9.17, 15) is 29.4 Å². The predicted octanol–water partition coefficient (Wildman–Crippen LogP) is 19.7. The summed E-state index contributed by atoms with van der Waals surface area (Å²) in [7, 11) is 0. The molecule has 14 fully saturated rings. The Hall–Kier alpha value is -4.18. The van der Waals surface area contributed by atoms with E-state index in [1.807, 2.05) is 91.8 Å². The number of allylic oxidation sites excluding steroid dienone is 20. The zero-order valence-corrected chi connectivity index (χ0v) is 71.4. The molecule has 14 aliphatic rings. The molecule has 32 atom stereocenters. The quantitative estimate of drug-likeness (QED) is 0.0436. The SMILES string of the molecule is C/C=C(\C)C1C(/C=C/C=C(\C)C(=O)CC)C2CC(Cl)C(C)(O)CC2C2OC21C.C/C=C(\C)C1C(/C=C/C=C(\C)C(=O)CC)C2CC3OC3(C)CC2C2OC21C.C/C=C(\C)C1C(/C=C/C=C(\C)C(C)=O)C2CC(Cl)C(C)(O)CC2C2OC21C.C/C=C(\C)C1C(/C=C/C=C(\C)C(C)=O)C2CC3OC3(C)CC2C2OC21C. The van der Waals surface area contributed by atoms with E-state index in [1.165, 1.54) is 22.3 Å². The Bertz CT molecular complexity index is 3850. The standard InChI is InChI=1S/C24H35ClO3.C24H34O3.C23H33ClO3.C23H32O3/c1-7-14(3)21-16(11-9-10-15(4)19(26)8-2)17-12-20(25)23(5,27)13-18(17)22-24(21,6)28-22;1-7-14(3)21-16(11-9-10-15(4)19(25)8-2)17-12-20-23(5,26-20)13-18(17)22-24(21,6)27-22;1-7-13(2)20-16(10-8-9-14(3)15(4)25)17-11-19(24)22(5,26)12-18(17)21-23(20,6)27-21;1-7-13(2)20-16(10-8-9-14(3)15(4)24)17-11-19-22(5,25-19)12-18(17)21-23(20,6)26-21/h7,9-11,16-18,20-22,27H,8,12-13H2,1-6H3;7,9-11,16-18,20-22H,8,12-13H2,1-6H3;7-10,16-21,26H,11-12H2,1-6H3;7-10,16-21H,11-12H2,1-6H3/b2*11-9+,14-7+,15-10+;2*10-8+,13-7+,14-9+. The lowest BCUT2D eigenvalue weighted by molar-refractivity contribution is -0.116. The number of hydrogen-bond donors (Lipinski definition) is 2. The van der Waals surface area contributed by atoms with E-state index in [2.05, 4.69) is 158 Å². The molecule has 0 radical (unpaired) electrons. The van der Waals surface area contributed by atoms with Crippen molar-refractivity contribution in [2.24, 2.45) is 94.7 Å². The maximum absolute atomic E-state index is 11.9. The molecule has 8 saturated carbocycles. The molecule has 0 amide bonds. The third kappa shape index (κ3) is 16.1. The van der Waals surface area contributed by atoms with E-state index in [-0.39, 0.29) is 91.5 Å². The Kier molecular flexibility index (Phi) is 24.7. The van der Waals surface area contributed by atoms with Crippen LogP contribution in [-0.4, -0.2) is 126 Å². The van der Waals surface area contributed by atoms with Crippen molar-refractivity contribution >= 4 is 46.3 Å². The first-order valence-corrected chi connectivity index (χ1v) is 42.2. The van der Waals surface area contributed by atoms with Crippen molar-refractivity contribution in [1.29, 1.82) is 0 Å². The molecular weight excluding hydrogens is 1390 g/mol. The van der Waals surface area contributed by atoms with Gasteiger partial charge in [0.1, 0.15) is 0 Å². The van der Waals surface area contributed by atoms with Gasteiger partial charge in [-0.1, -0.05) is 133 Å². The van der Waals surface area contributed by atoms with Crippen molar-refractivity contribution in [2.45, 2.75) is 323 Å². The normalized spacial score (nSPS) is 48.1. The fraction of sp³-hybridized carbons (Fsp3) is 0.702. The summed E-state index contributed by atoms with van der Waals surface area (Å²) < 4.78 is 37.5. The highest BCUT2D eigenvalue weighted by Crippen LogP contribution is 2.71. The molecule has 12 nitrogen and oxygen atoms in total. The summed E-state index contributed by atoms with van der Waals surface area (Å²) in [5.74, 6) is 7.18. The molecule has 8 aliphatic carbocycles. The number of halogens is 2. The van der Waals surface area contributed by atoms with Gasteiger partial charge < -0.3 is 38.6 Å². The molecule has 0 aromatic rings. The van der Waals surface area contributed by atoms with Crippen LogP contribution < -0.4 is 0 Å². The molecule has 0 spiro atoms. The van der Waals surface area contributed by atoms with Gasteiger partial charge in [0, 0.05) is 36.5 Å². The Labute approximate surface area is 659 Å². The van der Waals surface area contributed by atoms with Gasteiger partial charge in [-0.15, -0.1) is 23.2 Å². The van der Waals surface area contributed by atoms with Crippen LogP contribution in [0.4, 0.5) is 0 Å². The van der Waals surface area contributed by atoms with Gasteiger partial charge in [-0.25, -0.2) is 0 Å². The van der Waals surface area contributed by atoms with Gasteiger partial charge in [0.15, 0.2) is 23.1 Å². The summed E-state index contributed by atoms with van der Waals surface area (Å²) in [6.07, 6.45) is 44.6. The second kappa shape index (κ2) is 31.5. The largest absolute Gasteiger partial charge is 0.389 e. The lowest BCUT2D eigenvalue weighted by Gasteiger charge is -2.50. The first-order chi connectivity index (χ1) is 50.5. The number of ketones is 4. The van der Waals surface area contributed by atoms with Crippen LogP contribution in [0.3, 0.4) is 0 Å². The average molecular weight is 1530 g/mol. The molecule has 0 aromatic carbocycles. The van der Waals surface area contributed by atoms with Crippen molar-refractivity contribution in [1.82, 2.24) is 0 Å². The predicted molar refractivity (Wildman–Crippen MR) is 434 cm³/mol. The third-order valence-electron chi connectivity index (χ3n) is 30.4. The highest BCUT2D eigenvalue weighted by atomic mass is 35.5. The summed E-state index contributed by atoms with van der Waals surface area (Å²) in [6, 6.07) is 0. The monoisotopic (exact) mass is 1520 g/mol. The highest BCUT2D eigenvalue weighted by Gasteiger charge is 2.76. The number of ether oxygens (including phenoxy) is 6. The second-order valence-electron chi connectivity index (χ2n) is 37.4. The molecule has 0 bridgehead atoms. The van der Waals surface area contributed by atoms with E-state index in [0.717, 1.165) is 60.8 Å². The molecule has 0 aromatic heterocycles. The molecule has 14 heteroatoms. The summed E-state index contributed by atoms with van der Waals surface area (Å²) >= 11 is 13.2. The van der Waals surface area contributed by atoms with E-state index >= 15 is 0 Å². The van der Waals surface area contributed by atoms with Crippen LogP contribution in [-0.2, 0) is 47.6 Å². The first-order valence-electron chi connectivity index (χ1n) is 41.3. The zero-order valence-electron chi connectivity index (χ0n) is 69.9. The molecule has 596 valence electrons.